The SMILES string of the molecule is CCOC(=O)CCNC(=O)[C@@H]1CCCN(C(=O)COC2CCNCC2)C1. The lowest BCUT2D eigenvalue weighted by atomic mass is 9.97. The second-order valence-corrected chi connectivity index (χ2v) is 6.79. The van der Waals surface area contributed by atoms with Gasteiger partial charge in [0.2, 0.25) is 11.8 Å². The van der Waals surface area contributed by atoms with Crippen LogP contribution in [-0.2, 0) is 23.9 Å². The van der Waals surface area contributed by atoms with Crippen molar-refractivity contribution in [2.75, 3.05) is 45.9 Å². The van der Waals surface area contributed by atoms with Crippen molar-refractivity contribution in [3.8, 4) is 0 Å². The van der Waals surface area contributed by atoms with Gasteiger partial charge in [-0.1, -0.05) is 0 Å². The van der Waals surface area contributed by atoms with Crippen molar-refractivity contribution in [3.05, 3.63) is 0 Å². The summed E-state index contributed by atoms with van der Waals surface area (Å²) in [6.07, 6.45) is 3.72. The van der Waals surface area contributed by atoms with E-state index < -0.39 is 0 Å². The molecule has 8 nitrogen and oxygen atoms in total. The van der Waals surface area contributed by atoms with Gasteiger partial charge in [0.25, 0.3) is 0 Å². The molecule has 1 atom stereocenters. The number of likely N-dealkylation sites (tertiary alicyclic amines) is 1. The molecule has 2 saturated heterocycles. The highest BCUT2D eigenvalue weighted by Gasteiger charge is 2.28. The lowest BCUT2D eigenvalue weighted by Crippen LogP contribution is -2.47. The summed E-state index contributed by atoms with van der Waals surface area (Å²) in [7, 11) is 0. The minimum atomic E-state index is -0.316. The van der Waals surface area contributed by atoms with Crippen LogP contribution in [0.2, 0.25) is 0 Å². The van der Waals surface area contributed by atoms with E-state index in [1.807, 2.05) is 0 Å². The fraction of sp³-hybridized carbons (Fsp3) is 0.833. The van der Waals surface area contributed by atoms with Gasteiger partial charge in [-0.25, -0.2) is 0 Å². The Morgan fingerprint density at radius 3 is 2.69 bits per heavy atom. The minimum absolute atomic E-state index is 0.0486. The summed E-state index contributed by atoms with van der Waals surface area (Å²) in [5.41, 5.74) is 0. The average molecular weight is 369 g/mol. The van der Waals surface area contributed by atoms with Crippen LogP contribution in [0.15, 0.2) is 0 Å². The Hall–Kier alpha value is -1.67. The highest BCUT2D eigenvalue weighted by Crippen LogP contribution is 2.17. The average Bonchev–Trinajstić information content (AvgIpc) is 2.67. The van der Waals surface area contributed by atoms with E-state index in [1.54, 1.807) is 11.8 Å². The Kier molecular flexibility index (Phi) is 8.84. The summed E-state index contributed by atoms with van der Waals surface area (Å²) >= 11 is 0. The molecule has 2 amide bonds. The van der Waals surface area contributed by atoms with Crippen LogP contribution in [0.4, 0.5) is 0 Å². The van der Waals surface area contributed by atoms with E-state index in [2.05, 4.69) is 10.6 Å². The number of rotatable bonds is 8. The highest BCUT2D eigenvalue weighted by atomic mass is 16.5. The first-order chi connectivity index (χ1) is 12.6. The molecule has 0 spiro atoms. The normalized spacial score (nSPS) is 21.3. The molecular weight excluding hydrogens is 338 g/mol. The van der Waals surface area contributed by atoms with Crippen molar-refractivity contribution in [3.63, 3.8) is 0 Å². The maximum Gasteiger partial charge on any atom is 0.307 e. The number of esters is 1. The van der Waals surface area contributed by atoms with Crippen LogP contribution in [-0.4, -0.2) is 74.7 Å². The van der Waals surface area contributed by atoms with Crippen LogP contribution < -0.4 is 10.6 Å². The lowest BCUT2D eigenvalue weighted by molar-refractivity contribution is -0.143. The first-order valence-corrected chi connectivity index (χ1v) is 9.63. The molecule has 0 unspecified atom stereocenters. The predicted octanol–water partition coefficient (Wildman–Crippen LogP) is 0.0630. The molecule has 0 aromatic carbocycles. The van der Waals surface area contributed by atoms with Gasteiger partial charge in [-0.2, -0.15) is 0 Å². The summed E-state index contributed by atoms with van der Waals surface area (Å²) in [6, 6.07) is 0. The molecule has 2 heterocycles. The third-order valence-electron chi connectivity index (χ3n) is 4.81. The van der Waals surface area contributed by atoms with E-state index in [9.17, 15) is 14.4 Å². The van der Waals surface area contributed by atoms with Crippen molar-refractivity contribution >= 4 is 17.8 Å². The highest BCUT2D eigenvalue weighted by molar-refractivity contribution is 5.82. The summed E-state index contributed by atoms with van der Waals surface area (Å²) in [5.74, 6) is -0.698. The zero-order chi connectivity index (χ0) is 18.8. The molecule has 2 N–H and O–H groups in total. The Bertz CT molecular complexity index is 479. The summed E-state index contributed by atoms with van der Waals surface area (Å²) in [4.78, 5) is 37.7. The van der Waals surface area contributed by atoms with E-state index in [0.29, 0.717) is 19.7 Å². The van der Waals surface area contributed by atoms with Crippen LogP contribution in [0.25, 0.3) is 0 Å². The Balaban J connectivity index is 1.68. The Morgan fingerprint density at radius 1 is 1.19 bits per heavy atom. The number of carbonyl (C=O) groups excluding carboxylic acids is 3. The van der Waals surface area contributed by atoms with Gasteiger partial charge in [0.15, 0.2) is 0 Å². The standard InChI is InChI=1S/C18H31N3O5/c1-2-25-17(23)7-10-20-18(24)14-4-3-11-21(12-14)16(22)13-26-15-5-8-19-9-6-15/h14-15,19H,2-13H2,1H3,(H,20,24)/t14-/m1/s1. The largest absolute Gasteiger partial charge is 0.466 e. The topological polar surface area (TPSA) is 97.0 Å². The number of nitrogens with zero attached hydrogens (tertiary/aromatic N) is 1. The number of nitrogens with one attached hydrogen (secondary N) is 2. The van der Waals surface area contributed by atoms with Crippen LogP contribution in [0.5, 0.6) is 0 Å². The van der Waals surface area contributed by atoms with Gasteiger partial charge in [0, 0.05) is 19.6 Å². The van der Waals surface area contributed by atoms with Crippen molar-refractivity contribution in [2.45, 2.75) is 45.1 Å². The smallest absolute Gasteiger partial charge is 0.307 e. The van der Waals surface area contributed by atoms with Gasteiger partial charge in [0.1, 0.15) is 6.61 Å². The molecule has 0 aliphatic carbocycles. The summed E-state index contributed by atoms with van der Waals surface area (Å²) in [6.45, 7) is 5.38. The third-order valence-corrected chi connectivity index (χ3v) is 4.81. The molecule has 2 rings (SSSR count). The quantitative estimate of drug-likeness (QED) is 0.588. The van der Waals surface area contributed by atoms with Gasteiger partial charge in [0.05, 0.1) is 25.0 Å². The Morgan fingerprint density at radius 2 is 1.96 bits per heavy atom. The number of hydrogen-bond donors (Lipinski definition) is 2. The first-order valence-electron chi connectivity index (χ1n) is 9.63. The number of carbonyl (C=O) groups is 3. The number of piperidine rings is 2. The van der Waals surface area contributed by atoms with E-state index in [1.165, 1.54) is 0 Å². The van der Waals surface area contributed by atoms with E-state index in [4.69, 9.17) is 9.47 Å². The molecular formula is C18H31N3O5. The van der Waals surface area contributed by atoms with Crippen LogP contribution in [0.1, 0.15) is 39.0 Å². The molecule has 0 bridgehead atoms. The fourth-order valence-electron chi connectivity index (χ4n) is 3.33. The van der Waals surface area contributed by atoms with Crippen molar-refractivity contribution in [1.29, 1.82) is 0 Å². The first kappa shape index (κ1) is 20.6. The molecule has 8 heteroatoms. The number of hydrogen-bond acceptors (Lipinski definition) is 6. The second-order valence-electron chi connectivity index (χ2n) is 6.79. The molecule has 0 saturated carbocycles. The van der Waals surface area contributed by atoms with Gasteiger partial charge in [-0.15, -0.1) is 0 Å². The summed E-state index contributed by atoms with van der Waals surface area (Å²) in [5, 5.41) is 6.03. The predicted molar refractivity (Wildman–Crippen MR) is 95.4 cm³/mol. The molecule has 0 radical (unpaired) electrons. The minimum Gasteiger partial charge on any atom is -0.466 e. The van der Waals surface area contributed by atoms with Gasteiger partial charge < -0.3 is 25.0 Å². The number of amides is 2. The lowest BCUT2D eigenvalue weighted by Gasteiger charge is -2.32. The molecule has 26 heavy (non-hydrogen) atoms. The van der Waals surface area contributed by atoms with Crippen molar-refractivity contribution < 1.29 is 23.9 Å². The van der Waals surface area contributed by atoms with Crippen molar-refractivity contribution in [2.24, 2.45) is 5.92 Å². The molecule has 2 aliphatic heterocycles. The zero-order valence-electron chi connectivity index (χ0n) is 15.6. The molecule has 0 aromatic rings. The fourth-order valence-corrected chi connectivity index (χ4v) is 3.33. The summed E-state index contributed by atoms with van der Waals surface area (Å²) < 4.78 is 10.6. The van der Waals surface area contributed by atoms with Crippen LogP contribution in [0, 0.1) is 5.92 Å². The van der Waals surface area contributed by atoms with Gasteiger partial charge in [-0.05, 0) is 45.7 Å². The monoisotopic (exact) mass is 369 g/mol. The second kappa shape index (κ2) is 11.1. The van der Waals surface area contributed by atoms with Crippen LogP contribution >= 0.6 is 0 Å². The molecule has 0 aromatic heterocycles. The maximum absolute atomic E-state index is 12.4. The van der Waals surface area contributed by atoms with E-state index >= 15 is 0 Å². The van der Waals surface area contributed by atoms with Crippen molar-refractivity contribution in [1.82, 2.24) is 15.5 Å². The zero-order valence-corrected chi connectivity index (χ0v) is 15.6. The Labute approximate surface area is 155 Å². The van der Waals surface area contributed by atoms with E-state index in [-0.39, 0.29) is 49.4 Å². The molecule has 2 fully saturated rings. The van der Waals surface area contributed by atoms with Crippen LogP contribution in [0.3, 0.4) is 0 Å². The van der Waals surface area contributed by atoms with E-state index in [0.717, 1.165) is 38.8 Å². The number of ether oxygens (including phenoxy) is 2. The van der Waals surface area contributed by atoms with Gasteiger partial charge >= 0.3 is 5.97 Å². The molecule has 2 aliphatic rings. The maximum atomic E-state index is 12.4. The van der Waals surface area contributed by atoms with Gasteiger partial charge in [-0.3, -0.25) is 14.4 Å². The third kappa shape index (κ3) is 6.92. The molecule has 148 valence electrons.